The Morgan fingerprint density at radius 1 is 0.472 bits per heavy atom. The first-order valence-corrected chi connectivity index (χ1v) is 12.0. The van der Waals surface area contributed by atoms with Gasteiger partial charge in [0.1, 0.15) is 0 Å². The molecule has 166 valence electrons. The van der Waals surface area contributed by atoms with Gasteiger partial charge in [0.2, 0.25) is 0 Å². The first kappa shape index (κ1) is 20.4. The number of nitrogens with zero attached hydrogens (tertiary/aromatic N) is 2. The molecule has 0 fully saturated rings. The van der Waals surface area contributed by atoms with E-state index >= 15 is 0 Å². The van der Waals surface area contributed by atoms with Gasteiger partial charge in [-0.05, 0) is 39.6 Å². The van der Waals surface area contributed by atoms with Crippen molar-refractivity contribution < 1.29 is 0 Å². The molecule has 0 aliphatic rings. The summed E-state index contributed by atoms with van der Waals surface area (Å²) in [5.41, 5.74) is 7.20. The zero-order valence-electron chi connectivity index (χ0n) is 19.4. The van der Waals surface area contributed by atoms with Gasteiger partial charge in [-0.15, -0.1) is 0 Å². The second kappa shape index (κ2) is 8.05. The molecule has 0 unspecified atom stereocenters. The molecule has 2 heteroatoms. The van der Waals surface area contributed by atoms with Crippen molar-refractivity contribution in [3.05, 3.63) is 127 Å². The van der Waals surface area contributed by atoms with Crippen LogP contribution in [0.15, 0.2) is 121 Å². The topological polar surface area (TPSA) is 36.7 Å². The number of rotatable bonds is 2. The van der Waals surface area contributed by atoms with Crippen molar-refractivity contribution in [2.24, 2.45) is 0 Å². The standard InChI is InChI=1S/C34H20N2/c35-21-22-6-5-9-27(20-22)23-12-14-26(15-13-23)32-30-18-16-24-7-1-3-10-28(24)33(30)36-34-29-11-4-2-8-25(29)17-19-31(32)34/h1-20H. The average molecular weight is 457 g/mol. The van der Waals surface area contributed by atoms with Gasteiger partial charge in [0, 0.05) is 27.1 Å². The van der Waals surface area contributed by atoms with Crippen molar-refractivity contribution in [2.75, 3.05) is 0 Å². The van der Waals surface area contributed by atoms with Crippen LogP contribution in [-0.4, -0.2) is 4.98 Å². The molecule has 1 heterocycles. The Bertz CT molecular complexity index is 1900. The van der Waals surface area contributed by atoms with Gasteiger partial charge in [-0.2, -0.15) is 5.26 Å². The molecule has 7 aromatic rings. The lowest BCUT2D eigenvalue weighted by Crippen LogP contribution is -1.92. The summed E-state index contributed by atoms with van der Waals surface area (Å²) >= 11 is 0. The molecular formula is C34H20N2. The van der Waals surface area contributed by atoms with E-state index in [1.165, 1.54) is 16.3 Å². The van der Waals surface area contributed by atoms with Gasteiger partial charge in [0.15, 0.2) is 0 Å². The lowest BCUT2D eigenvalue weighted by molar-refractivity contribution is 1.48. The maximum atomic E-state index is 9.30. The SMILES string of the molecule is N#Cc1cccc(-c2ccc(-c3c4ccc5ccccc5c4nc4c3ccc3ccccc34)cc2)c1. The minimum atomic E-state index is 0.668. The minimum Gasteiger partial charge on any atom is -0.246 e. The van der Waals surface area contributed by atoms with Gasteiger partial charge >= 0.3 is 0 Å². The molecule has 0 radical (unpaired) electrons. The highest BCUT2D eigenvalue weighted by atomic mass is 14.7. The van der Waals surface area contributed by atoms with Gasteiger partial charge in [-0.3, -0.25) is 0 Å². The molecule has 0 spiro atoms. The predicted octanol–water partition coefficient (Wildman–Crippen LogP) is 8.90. The molecule has 0 saturated carbocycles. The fraction of sp³-hybridized carbons (Fsp3) is 0. The second-order valence-corrected chi connectivity index (χ2v) is 9.12. The number of pyridine rings is 1. The zero-order chi connectivity index (χ0) is 24.1. The first-order chi connectivity index (χ1) is 17.8. The van der Waals surface area contributed by atoms with Crippen LogP contribution >= 0.6 is 0 Å². The molecule has 0 atom stereocenters. The molecule has 1 aromatic heterocycles. The average Bonchev–Trinajstić information content (AvgIpc) is 2.96. The molecule has 0 saturated heterocycles. The molecule has 36 heavy (non-hydrogen) atoms. The van der Waals surface area contributed by atoms with Crippen LogP contribution in [0.1, 0.15) is 5.56 Å². The van der Waals surface area contributed by atoms with E-state index in [1.807, 2.05) is 24.3 Å². The largest absolute Gasteiger partial charge is 0.246 e. The van der Waals surface area contributed by atoms with Gasteiger partial charge in [-0.1, -0.05) is 109 Å². The highest BCUT2D eigenvalue weighted by molar-refractivity contribution is 6.21. The highest BCUT2D eigenvalue weighted by Crippen LogP contribution is 2.40. The second-order valence-electron chi connectivity index (χ2n) is 9.12. The number of hydrogen-bond donors (Lipinski definition) is 0. The Balaban J connectivity index is 1.54. The van der Waals surface area contributed by atoms with Crippen LogP contribution < -0.4 is 0 Å². The Labute approximate surface area is 208 Å². The normalized spacial score (nSPS) is 11.3. The molecule has 7 rings (SSSR count). The lowest BCUT2D eigenvalue weighted by atomic mass is 9.91. The van der Waals surface area contributed by atoms with Gasteiger partial charge in [-0.25, -0.2) is 4.98 Å². The Hall–Kier alpha value is -5.00. The highest BCUT2D eigenvalue weighted by Gasteiger charge is 2.15. The van der Waals surface area contributed by atoms with E-state index < -0.39 is 0 Å². The molecule has 0 N–H and O–H groups in total. The van der Waals surface area contributed by atoms with E-state index in [1.54, 1.807) is 0 Å². The van der Waals surface area contributed by atoms with Crippen LogP contribution in [0.25, 0.3) is 65.6 Å². The van der Waals surface area contributed by atoms with Crippen molar-refractivity contribution in [3.8, 4) is 28.3 Å². The number of benzene rings is 6. The Kier molecular flexibility index (Phi) is 4.55. The summed E-state index contributed by atoms with van der Waals surface area (Å²) in [6.45, 7) is 0. The van der Waals surface area contributed by atoms with Gasteiger partial charge in [0.05, 0.1) is 22.7 Å². The number of fused-ring (bicyclic) bond motifs is 6. The summed E-state index contributed by atoms with van der Waals surface area (Å²) in [4.78, 5) is 5.27. The third-order valence-electron chi connectivity index (χ3n) is 7.06. The van der Waals surface area contributed by atoms with Crippen LogP contribution in [0.2, 0.25) is 0 Å². The number of hydrogen-bond acceptors (Lipinski definition) is 2. The molecule has 6 aromatic carbocycles. The summed E-state index contributed by atoms with van der Waals surface area (Å²) < 4.78 is 0. The molecule has 0 aliphatic carbocycles. The van der Waals surface area contributed by atoms with E-state index in [9.17, 15) is 5.26 Å². The third-order valence-corrected chi connectivity index (χ3v) is 7.06. The predicted molar refractivity (Wildman–Crippen MR) is 150 cm³/mol. The van der Waals surface area contributed by atoms with E-state index in [-0.39, 0.29) is 0 Å². The van der Waals surface area contributed by atoms with E-state index in [0.29, 0.717) is 5.56 Å². The molecular weight excluding hydrogens is 436 g/mol. The van der Waals surface area contributed by atoms with Crippen molar-refractivity contribution in [1.29, 1.82) is 5.26 Å². The minimum absolute atomic E-state index is 0.668. The smallest absolute Gasteiger partial charge is 0.0991 e. The van der Waals surface area contributed by atoms with Crippen molar-refractivity contribution in [3.63, 3.8) is 0 Å². The molecule has 0 amide bonds. The van der Waals surface area contributed by atoms with E-state index in [4.69, 9.17) is 4.98 Å². The number of nitriles is 1. The van der Waals surface area contributed by atoms with Crippen LogP contribution in [0.4, 0.5) is 0 Å². The van der Waals surface area contributed by atoms with Gasteiger partial charge < -0.3 is 0 Å². The van der Waals surface area contributed by atoms with Crippen LogP contribution in [0.3, 0.4) is 0 Å². The lowest BCUT2D eigenvalue weighted by Gasteiger charge is -2.15. The summed E-state index contributed by atoms with van der Waals surface area (Å²) in [5, 5.41) is 16.3. The Morgan fingerprint density at radius 3 is 1.67 bits per heavy atom. The fourth-order valence-corrected chi connectivity index (χ4v) is 5.32. The monoisotopic (exact) mass is 456 g/mol. The Morgan fingerprint density at radius 2 is 1.06 bits per heavy atom. The molecule has 2 nitrogen and oxygen atoms in total. The van der Waals surface area contributed by atoms with Crippen LogP contribution in [0.5, 0.6) is 0 Å². The van der Waals surface area contributed by atoms with Crippen LogP contribution in [-0.2, 0) is 0 Å². The van der Waals surface area contributed by atoms with E-state index in [0.717, 1.165) is 49.3 Å². The van der Waals surface area contributed by atoms with Crippen molar-refractivity contribution >= 4 is 43.4 Å². The van der Waals surface area contributed by atoms with Gasteiger partial charge in [0.25, 0.3) is 0 Å². The summed E-state index contributed by atoms with van der Waals surface area (Å²) in [6.07, 6.45) is 0. The van der Waals surface area contributed by atoms with Crippen molar-refractivity contribution in [1.82, 2.24) is 4.98 Å². The maximum absolute atomic E-state index is 9.30. The van der Waals surface area contributed by atoms with Crippen LogP contribution in [0, 0.1) is 11.3 Å². The third kappa shape index (κ3) is 3.15. The summed E-state index contributed by atoms with van der Waals surface area (Å²) in [6, 6.07) is 44.4. The van der Waals surface area contributed by atoms with E-state index in [2.05, 4.69) is 103 Å². The molecule has 0 aliphatic heterocycles. The fourth-order valence-electron chi connectivity index (χ4n) is 5.32. The van der Waals surface area contributed by atoms with Crippen molar-refractivity contribution in [2.45, 2.75) is 0 Å². The maximum Gasteiger partial charge on any atom is 0.0991 e. The number of aromatic nitrogens is 1. The summed E-state index contributed by atoms with van der Waals surface area (Å²) in [5.74, 6) is 0. The summed E-state index contributed by atoms with van der Waals surface area (Å²) in [7, 11) is 0. The molecule has 0 bridgehead atoms. The quantitative estimate of drug-likeness (QED) is 0.192. The zero-order valence-corrected chi connectivity index (χ0v) is 19.4. The first-order valence-electron chi connectivity index (χ1n) is 12.0.